The summed E-state index contributed by atoms with van der Waals surface area (Å²) in [5.74, 6) is 0.611. The summed E-state index contributed by atoms with van der Waals surface area (Å²) in [6, 6.07) is 17.2. The van der Waals surface area contributed by atoms with Crippen LogP contribution in [0.4, 0.5) is 5.69 Å². The van der Waals surface area contributed by atoms with Crippen LogP contribution in [0.1, 0.15) is 0 Å². The van der Waals surface area contributed by atoms with Gasteiger partial charge in [-0.25, -0.2) is 9.97 Å². The second kappa shape index (κ2) is 8.12. The van der Waals surface area contributed by atoms with Crippen LogP contribution in [0.25, 0.3) is 10.9 Å². The summed E-state index contributed by atoms with van der Waals surface area (Å²) in [6.07, 6.45) is 2.84. The fourth-order valence-corrected chi connectivity index (χ4v) is 2.84. The van der Waals surface area contributed by atoms with E-state index in [2.05, 4.69) is 15.3 Å². The molecule has 2 aromatic heterocycles. The molecule has 1 amide bonds. The van der Waals surface area contributed by atoms with Crippen molar-refractivity contribution >= 4 is 34.1 Å². The van der Waals surface area contributed by atoms with Crippen LogP contribution in [-0.4, -0.2) is 20.4 Å². The Labute approximate surface area is 170 Å². The van der Waals surface area contributed by atoms with E-state index in [0.29, 0.717) is 33.2 Å². The number of pyridine rings is 1. The maximum absolute atomic E-state index is 12.5. The molecule has 0 aliphatic carbocycles. The second-order valence-corrected chi connectivity index (χ2v) is 6.62. The lowest BCUT2D eigenvalue weighted by Crippen LogP contribution is -2.27. The number of anilines is 1. The molecule has 0 saturated carbocycles. The van der Waals surface area contributed by atoms with E-state index in [1.54, 1.807) is 60.7 Å². The number of nitrogens with one attached hydrogen (secondary N) is 1. The van der Waals surface area contributed by atoms with Crippen molar-refractivity contribution in [3.63, 3.8) is 0 Å². The molecule has 0 radical (unpaired) electrons. The van der Waals surface area contributed by atoms with Crippen LogP contribution in [0.15, 0.2) is 78.0 Å². The van der Waals surface area contributed by atoms with Crippen molar-refractivity contribution in [2.24, 2.45) is 0 Å². The van der Waals surface area contributed by atoms with E-state index in [4.69, 9.17) is 16.3 Å². The van der Waals surface area contributed by atoms with Crippen LogP contribution in [0.5, 0.6) is 11.6 Å². The van der Waals surface area contributed by atoms with Crippen molar-refractivity contribution in [2.45, 2.75) is 6.54 Å². The summed E-state index contributed by atoms with van der Waals surface area (Å²) < 4.78 is 6.88. The SMILES string of the molecule is O=C(Cn1cnc2ccccc2c1=O)Nc1ccc(Oc2ccc(Cl)cc2)nc1. The predicted octanol–water partition coefficient (Wildman–Crippen LogP) is 3.88. The average Bonchev–Trinajstić information content (AvgIpc) is 2.73. The van der Waals surface area contributed by atoms with E-state index in [-0.39, 0.29) is 18.0 Å². The van der Waals surface area contributed by atoms with Gasteiger partial charge >= 0.3 is 0 Å². The Morgan fingerprint density at radius 1 is 1.03 bits per heavy atom. The number of hydrogen-bond acceptors (Lipinski definition) is 5. The Morgan fingerprint density at radius 3 is 2.59 bits per heavy atom. The summed E-state index contributed by atoms with van der Waals surface area (Å²) in [4.78, 5) is 33.1. The van der Waals surface area contributed by atoms with E-state index in [1.165, 1.54) is 17.1 Å². The molecular weight excluding hydrogens is 392 g/mol. The normalized spacial score (nSPS) is 10.7. The van der Waals surface area contributed by atoms with Crippen LogP contribution in [0.2, 0.25) is 5.02 Å². The number of rotatable bonds is 5. The summed E-state index contributed by atoms with van der Waals surface area (Å²) in [7, 11) is 0. The van der Waals surface area contributed by atoms with Gasteiger partial charge in [0, 0.05) is 11.1 Å². The monoisotopic (exact) mass is 406 g/mol. The number of ether oxygens (including phenoxy) is 1. The van der Waals surface area contributed by atoms with Crippen LogP contribution < -0.4 is 15.6 Å². The molecule has 144 valence electrons. The third-order valence-electron chi connectivity index (χ3n) is 4.10. The molecule has 4 aromatic rings. The first-order chi connectivity index (χ1) is 14.1. The minimum atomic E-state index is -0.364. The first-order valence-corrected chi connectivity index (χ1v) is 9.10. The third-order valence-corrected chi connectivity index (χ3v) is 4.35. The van der Waals surface area contributed by atoms with Crippen LogP contribution in [0.3, 0.4) is 0 Å². The minimum Gasteiger partial charge on any atom is -0.439 e. The maximum atomic E-state index is 12.5. The number of carbonyl (C=O) groups excluding carboxylic acids is 1. The minimum absolute atomic E-state index is 0.153. The Morgan fingerprint density at radius 2 is 1.83 bits per heavy atom. The van der Waals surface area contributed by atoms with E-state index in [9.17, 15) is 9.59 Å². The molecule has 0 fully saturated rings. The van der Waals surface area contributed by atoms with Crippen molar-refractivity contribution in [3.8, 4) is 11.6 Å². The number of aromatic nitrogens is 3. The van der Waals surface area contributed by atoms with Crippen LogP contribution >= 0.6 is 11.6 Å². The second-order valence-electron chi connectivity index (χ2n) is 6.18. The van der Waals surface area contributed by atoms with Gasteiger partial charge in [0.2, 0.25) is 11.8 Å². The molecule has 7 nitrogen and oxygen atoms in total. The highest BCUT2D eigenvalue weighted by atomic mass is 35.5. The number of fused-ring (bicyclic) bond motifs is 1. The highest BCUT2D eigenvalue weighted by Crippen LogP contribution is 2.22. The number of halogens is 1. The topological polar surface area (TPSA) is 86.1 Å². The fourth-order valence-electron chi connectivity index (χ4n) is 2.71. The molecule has 4 rings (SSSR count). The zero-order valence-electron chi connectivity index (χ0n) is 15.1. The Kier molecular flexibility index (Phi) is 5.22. The Balaban J connectivity index is 1.41. The Bertz CT molecular complexity index is 1220. The number of benzene rings is 2. The molecule has 0 bridgehead atoms. The van der Waals surface area contributed by atoms with Gasteiger partial charge < -0.3 is 10.1 Å². The van der Waals surface area contributed by atoms with Gasteiger partial charge in [-0.05, 0) is 42.5 Å². The van der Waals surface area contributed by atoms with E-state index in [0.717, 1.165) is 0 Å². The Hall–Kier alpha value is -3.71. The molecule has 0 saturated heterocycles. The van der Waals surface area contributed by atoms with Gasteiger partial charge in [-0.3, -0.25) is 14.2 Å². The van der Waals surface area contributed by atoms with Gasteiger partial charge in [0.15, 0.2) is 0 Å². The summed E-state index contributed by atoms with van der Waals surface area (Å²) >= 11 is 5.84. The van der Waals surface area contributed by atoms with Crippen LogP contribution in [0, 0.1) is 0 Å². The van der Waals surface area contributed by atoms with E-state index in [1.807, 2.05) is 0 Å². The highest BCUT2D eigenvalue weighted by molar-refractivity contribution is 6.30. The molecular formula is C21H15ClN4O3. The summed E-state index contributed by atoms with van der Waals surface area (Å²) in [5, 5.41) is 3.78. The van der Waals surface area contributed by atoms with Gasteiger partial charge in [0.1, 0.15) is 12.3 Å². The molecule has 29 heavy (non-hydrogen) atoms. The number of nitrogens with zero attached hydrogens (tertiary/aromatic N) is 3. The lowest BCUT2D eigenvalue weighted by Gasteiger charge is -2.09. The maximum Gasteiger partial charge on any atom is 0.261 e. The fraction of sp³-hybridized carbons (Fsp3) is 0.0476. The van der Waals surface area contributed by atoms with Gasteiger partial charge in [0.25, 0.3) is 5.56 Å². The number of para-hydroxylation sites is 1. The molecule has 0 spiro atoms. The average molecular weight is 407 g/mol. The zero-order chi connectivity index (χ0) is 20.2. The molecule has 2 heterocycles. The van der Waals surface area contributed by atoms with Gasteiger partial charge in [-0.2, -0.15) is 0 Å². The van der Waals surface area contributed by atoms with Gasteiger partial charge in [-0.15, -0.1) is 0 Å². The standard InChI is InChI=1S/C21H15ClN4O3/c22-14-5-8-16(9-6-14)29-20-10-7-15(11-23-20)25-19(27)12-26-13-24-18-4-2-1-3-17(18)21(26)28/h1-11,13H,12H2,(H,25,27). The molecule has 1 N–H and O–H groups in total. The third kappa shape index (κ3) is 4.41. The molecule has 0 unspecified atom stereocenters. The zero-order valence-corrected chi connectivity index (χ0v) is 15.8. The summed E-state index contributed by atoms with van der Waals surface area (Å²) in [5.41, 5.74) is 0.811. The smallest absolute Gasteiger partial charge is 0.261 e. The molecule has 0 atom stereocenters. The van der Waals surface area contributed by atoms with E-state index >= 15 is 0 Å². The molecule has 8 heteroatoms. The number of hydrogen-bond donors (Lipinski definition) is 1. The predicted molar refractivity (Wildman–Crippen MR) is 110 cm³/mol. The van der Waals surface area contributed by atoms with Crippen LogP contribution in [-0.2, 0) is 11.3 Å². The van der Waals surface area contributed by atoms with Crippen molar-refractivity contribution in [3.05, 3.63) is 88.6 Å². The number of amides is 1. The number of carbonyl (C=O) groups is 1. The van der Waals surface area contributed by atoms with E-state index < -0.39 is 0 Å². The largest absolute Gasteiger partial charge is 0.439 e. The van der Waals surface area contributed by atoms with Gasteiger partial charge in [-0.1, -0.05) is 23.7 Å². The van der Waals surface area contributed by atoms with Crippen molar-refractivity contribution in [1.82, 2.24) is 14.5 Å². The van der Waals surface area contributed by atoms with Crippen molar-refractivity contribution in [1.29, 1.82) is 0 Å². The molecule has 2 aromatic carbocycles. The first-order valence-electron chi connectivity index (χ1n) is 8.72. The van der Waals surface area contributed by atoms with Crippen molar-refractivity contribution < 1.29 is 9.53 Å². The first kappa shape index (κ1) is 18.6. The van der Waals surface area contributed by atoms with Gasteiger partial charge in [0.05, 0.1) is 29.1 Å². The quantitative estimate of drug-likeness (QED) is 0.543. The highest BCUT2D eigenvalue weighted by Gasteiger charge is 2.09. The van der Waals surface area contributed by atoms with Crippen molar-refractivity contribution in [2.75, 3.05) is 5.32 Å². The molecule has 0 aliphatic rings. The summed E-state index contributed by atoms with van der Waals surface area (Å²) in [6.45, 7) is -0.153. The lowest BCUT2D eigenvalue weighted by atomic mass is 10.2. The molecule has 0 aliphatic heterocycles. The lowest BCUT2D eigenvalue weighted by molar-refractivity contribution is -0.116.